The van der Waals surface area contributed by atoms with Gasteiger partial charge in [0.2, 0.25) is 5.91 Å². The van der Waals surface area contributed by atoms with E-state index in [0.29, 0.717) is 24.5 Å². The number of aromatic nitrogens is 5. The van der Waals surface area contributed by atoms with E-state index >= 15 is 0 Å². The number of ether oxygens (including phenoxy) is 3. The summed E-state index contributed by atoms with van der Waals surface area (Å²) < 4.78 is 19.6. The third kappa shape index (κ3) is 5.30. The monoisotopic (exact) mass is 557 g/mol. The Morgan fingerprint density at radius 1 is 1.05 bits per heavy atom. The Morgan fingerprint density at radius 3 is 2.66 bits per heavy atom. The third-order valence-electron chi connectivity index (χ3n) is 7.55. The summed E-state index contributed by atoms with van der Waals surface area (Å²) in [6.07, 6.45) is 2.12. The second kappa shape index (κ2) is 11.1. The van der Waals surface area contributed by atoms with Crippen molar-refractivity contribution in [2.75, 3.05) is 27.2 Å². The molecule has 1 saturated heterocycles. The van der Waals surface area contributed by atoms with Crippen LogP contribution in [0.3, 0.4) is 0 Å². The average Bonchev–Trinajstić information content (AvgIpc) is 3.55. The summed E-state index contributed by atoms with van der Waals surface area (Å²) >= 11 is 0. The molecular weight excluding hydrogens is 526 g/mol. The number of hydrogen-bond acceptors (Lipinski definition) is 9. The highest BCUT2D eigenvalue weighted by molar-refractivity contribution is 5.89. The maximum absolute atomic E-state index is 13.8. The fourth-order valence-electron chi connectivity index (χ4n) is 5.47. The lowest BCUT2D eigenvalue weighted by atomic mass is 10.1. The van der Waals surface area contributed by atoms with Crippen LogP contribution in [0.5, 0.6) is 6.01 Å². The Balaban J connectivity index is 1.36. The van der Waals surface area contributed by atoms with E-state index in [1.807, 2.05) is 47.9 Å². The SMILES string of the molecule is CO[C@H]1CN(C)C(=O)[C@@H]2CC(CN2C(=O)OCc2ccccc2)Oc2nccc(n2)-c2nccc3nc(C)n(c23)C1. The van der Waals surface area contributed by atoms with E-state index in [-0.39, 0.29) is 37.6 Å². The van der Waals surface area contributed by atoms with Gasteiger partial charge in [0, 0.05) is 39.5 Å². The summed E-state index contributed by atoms with van der Waals surface area (Å²) in [6, 6.07) is 12.4. The van der Waals surface area contributed by atoms with Gasteiger partial charge < -0.3 is 23.7 Å². The van der Waals surface area contributed by atoms with Gasteiger partial charge in [-0.05, 0) is 24.6 Å². The second-order valence-electron chi connectivity index (χ2n) is 10.3. The van der Waals surface area contributed by atoms with Gasteiger partial charge in [0.1, 0.15) is 30.3 Å². The Labute approximate surface area is 236 Å². The molecule has 2 aliphatic rings. The molecule has 2 amide bonds. The lowest BCUT2D eigenvalue weighted by Gasteiger charge is -2.29. The van der Waals surface area contributed by atoms with Gasteiger partial charge in [-0.15, -0.1) is 0 Å². The van der Waals surface area contributed by atoms with Crippen molar-refractivity contribution < 1.29 is 23.8 Å². The molecule has 1 aromatic carbocycles. The number of methoxy groups -OCH3 is 1. The molecule has 0 saturated carbocycles. The number of pyridine rings is 1. The average molecular weight is 558 g/mol. The van der Waals surface area contributed by atoms with E-state index in [4.69, 9.17) is 19.2 Å². The van der Waals surface area contributed by atoms with Gasteiger partial charge in [-0.3, -0.25) is 14.7 Å². The van der Waals surface area contributed by atoms with Gasteiger partial charge in [0.05, 0.1) is 35.9 Å². The first-order valence-corrected chi connectivity index (χ1v) is 13.5. The minimum absolute atomic E-state index is 0.0977. The van der Waals surface area contributed by atoms with E-state index in [1.54, 1.807) is 37.5 Å². The Hall–Kier alpha value is -4.58. The van der Waals surface area contributed by atoms with Crippen LogP contribution in [0.25, 0.3) is 22.4 Å². The van der Waals surface area contributed by atoms with E-state index < -0.39 is 18.2 Å². The van der Waals surface area contributed by atoms with Crippen LogP contribution in [0.2, 0.25) is 0 Å². The van der Waals surface area contributed by atoms with Crippen LogP contribution in [-0.2, 0) is 27.4 Å². The highest BCUT2D eigenvalue weighted by Crippen LogP contribution is 2.29. The van der Waals surface area contributed by atoms with Crippen molar-refractivity contribution in [2.45, 2.75) is 44.7 Å². The number of benzene rings is 1. The molecule has 12 heteroatoms. The molecule has 6 rings (SSSR count). The number of likely N-dealkylation sites (tertiary alicyclic amines) is 1. The number of aryl methyl sites for hydroxylation is 1. The van der Waals surface area contributed by atoms with Crippen LogP contribution in [0, 0.1) is 6.92 Å². The molecule has 212 valence electrons. The zero-order valence-electron chi connectivity index (χ0n) is 23.1. The van der Waals surface area contributed by atoms with Crippen LogP contribution in [0.4, 0.5) is 4.79 Å². The summed E-state index contributed by atoms with van der Waals surface area (Å²) in [7, 11) is 3.33. The van der Waals surface area contributed by atoms with Crippen molar-refractivity contribution in [3.8, 4) is 17.4 Å². The van der Waals surface area contributed by atoms with Gasteiger partial charge in [-0.2, -0.15) is 4.98 Å². The van der Waals surface area contributed by atoms with Crippen LogP contribution in [-0.4, -0.2) is 91.8 Å². The highest BCUT2D eigenvalue weighted by atomic mass is 16.6. The lowest BCUT2D eigenvalue weighted by Crippen LogP contribution is -2.49. The molecular formula is C29H31N7O5. The first-order chi connectivity index (χ1) is 19.9. The quantitative estimate of drug-likeness (QED) is 0.374. The largest absolute Gasteiger partial charge is 0.458 e. The molecule has 3 aromatic heterocycles. The zero-order valence-corrected chi connectivity index (χ0v) is 23.1. The number of carbonyl (C=O) groups is 2. The summed E-state index contributed by atoms with van der Waals surface area (Å²) in [5.41, 5.74) is 3.66. The van der Waals surface area contributed by atoms with Gasteiger partial charge in [0.15, 0.2) is 0 Å². The van der Waals surface area contributed by atoms with E-state index in [1.165, 1.54) is 4.90 Å². The number of fused-ring (bicyclic) bond motifs is 5. The Morgan fingerprint density at radius 2 is 1.85 bits per heavy atom. The first-order valence-electron chi connectivity index (χ1n) is 13.5. The molecule has 41 heavy (non-hydrogen) atoms. The molecule has 0 radical (unpaired) electrons. The van der Waals surface area contributed by atoms with E-state index in [0.717, 1.165) is 22.4 Å². The number of imidazole rings is 1. The normalized spacial score (nSPS) is 20.9. The van der Waals surface area contributed by atoms with Crippen LogP contribution in [0.15, 0.2) is 54.9 Å². The fraction of sp³-hybridized carbons (Fsp3) is 0.379. The third-order valence-corrected chi connectivity index (χ3v) is 7.55. The summed E-state index contributed by atoms with van der Waals surface area (Å²) in [5.74, 6) is 0.556. The van der Waals surface area contributed by atoms with Crippen molar-refractivity contribution in [1.29, 1.82) is 0 Å². The minimum atomic E-state index is -0.778. The second-order valence-corrected chi connectivity index (χ2v) is 10.3. The highest BCUT2D eigenvalue weighted by Gasteiger charge is 2.43. The van der Waals surface area contributed by atoms with E-state index in [2.05, 4.69) is 15.0 Å². The van der Waals surface area contributed by atoms with Crippen LogP contribution in [0.1, 0.15) is 17.8 Å². The van der Waals surface area contributed by atoms with Gasteiger partial charge in [-0.25, -0.2) is 14.8 Å². The number of amides is 2. The zero-order chi connectivity index (χ0) is 28.5. The fourth-order valence-corrected chi connectivity index (χ4v) is 5.47. The topological polar surface area (TPSA) is 125 Å². The van der Waals surface area contributed by atoms with Crippen molar-refractivity contribution in [1.82, 2.24) is 34.3 Å². The summed E-state index contributed by atoms with van der Waals surface area (Å²) in [6.45, 7) is 2.90. The van der Waals surface area contributed by atoms with Crippen molar-refractivity contribution in [3.05, 3.63) is 66.2 Å². The van der Waals surface area contributed by atoms with Crippen LogP contribution >= 0.6 is 0 Å². The van der Waals surface area contributed by atoms with Crippen molar-refractivity contribution in [3.63, 3.8) is 0 Å². The van der Waals surface area contributed by atoms with Crippen molar-refractivity contribution >= 4 is 23.0 Å². The number of hydrogen-bond donors (Lipinski definition) is 0. The molecule has 0 aliphatic carbocycles. The van der Waals surface area contributed by atoms with Crippen LogP contribution < -0.4 is 4.74 Å². The van der Waals surface area contributed by atoms with Gasteiger partial charge in [0.25, 0.3) is 0 Å². The standard InChI is InChI=1S/C29H31N7O5/c1-18-32-23-10-11-30-25-22-9-12-31-28(33-22)41-20-13-24(27(37)34(2)14-21(39-3)16-35(18)26(23)25)36(15-20)29(38)40-17-19-7-5-4-6-8-19/h4-12,20-21,24H,13-17H2,1-3H3/t20?,21-,24-/m0/s1. The smallest absolute Gasteiger partial charge is 0.410 e. The number of nitrogens with zero attached hydrogens (tertiary/aromatic N) is 7. The number of likely N-dealkylation sites (N-methyl/N-ethyl adjacent to an activating group) is 1. The van der Waals surface area contributed by atoms with E-state index in [9.17, 15) is 9.59 Å². The molecule has 1 unspecified atom stereocenters. The predicted molar refractivity (Wildman–Crippen MR) is 148 cm³/mol. The summed E-state index contributed by atoms with van der Waals surface area (Å²) in [4.78, 5) is 48.4. The molecule has 12 nitrogen and oxygen atoms in total. The molecule has 3 atom stereocenters. The molecule has 5 heterocycles. The Kier molecular flexibility index (Phi) is 7.23. The molecule has 0 N–H and O–H groups in total. The molecule has 1 fully saturated rings. The maximum atomic E-state index is 13.8. The van der Waals surface area contributed by atoms with Crippen molar-refractivity contribution in [2.24, 2.45) is 0 Å². The maximum Gasteiger partial charge on any atom is 0.410 e. The molecule has 4 aromatic rings. The predicted octanol–water partition coefficient (Wildman–Crippen LogP) is 2.84. The Bertz CT molecular complexity index is 1580. The number of rotatable bonds is 3. The minimum Gasteiger partial charge on any atom is -0.458 e. The molecule has 4 bridgehead atoms. The van der Waals surface area contributed by atoms with Gasteiger partial charge in [-0.1, -0.05) is 30.3 Å². The summed E-state index contributed by atoms with van der Waals surface area (Å²) in [5, 5.41) is 0. The first kappa shape index (κ1) is 26.6. The molecule has 0 spiro atoms. The lowest BCUT2D eigenvalue weighted by molar-refractivity contribution is -0.136. The van der Waals surface area contributed by atoms with Gasteiger partial charge >= 0.3 is 12.1 Å². The number of carbonyl (C=O) groups excluding carboxylic acids is 2. The molecule has 2 aliphatic heterocycles.